The summed E-state index contributed by atoms with van der Waals surface area (Å²) in [6.07, 6.45) is 0. The minimum atomic E-state index is -0.490. The van der Waals surface area contributed by atoms with Crippen molar-refractivity contribution in [2.24, 2.45) is 0 Å². The molecule has 0 unspecified atom stereocenters. The number of thiocarbonyl (C=S) groups is 1. The minimum absolute atomic E-state index is 0.110. The van der Waals surface area contributed by atoms with Crippen molar-refractivity contribution in [3.05, 3.63) is 52.9 Å². The highest BCUT2D eigenvalue weighted by molar-refractivity contribution is 9.10. The van der Waals surface area contributed by atoms with Gasteiger partial charge in [0.2, 0.25) is 0 Å². The van der Waals surface area contributed by atoms with Gasteiger partial charge in [0.05, 0.1) is 6.54 Å². The van der Waals surface area contributed by atoms with Crippen LogP contribution in [0.1, 0.15) is 10.6 Å². The lowest BCUT2D eigenvalue weighted by Crippen LogP contribution is -2.47. The van der Waals surface area contributed by atoms with Gasteiger partial charge in [0.1, 0.15) is 0 Å². The molecule has 9 heteroatoms. The lowest BCUT2D eigenvalue weighted by atomic mass is 10.3. The zero-order valence-corrected chi connectivity index (χ0v) is 14.2. The van der Waals surface area contributed by atoms with E-state index < -0.39 is 11.8 Å². The Kier molecular flexibility index (Phi) is 6.12. The molecule has 0 aliphatic rings. The van der Waals surface area contributed by atoms with Gasteiger partial charge >= 0.3 is 0 Å². The second-order valence-corrected chi connectivity index (χ2v) is 5.47. The molecule has 1 aromatic heterocycles. The van der Waals surface area contributed by atoms with Crippen molar-refractivity contribution in [2.45, 2.75) is 0 Å². The van der Waals surface area contributed by atoms with Crippen LogP contribution in [0.15, 0.2) is 51.6 Å². The van der Waals surface area contributed by atoms with E-state index in [4.69, 9.17) is 16.6 Å². The van der Waals surface area contributed by atoms with Crippen LogP contribution in [0, 0.1) is 0 Å². The molecule has 0 fully saturated rings. The first-order valence-electron chi connectivity index (χ1n) is 6.49. The van der Waals surface area contributed by atoms with Gasteiger partial charge in [-0.2, -0.15) is 0 Å². The third-order valence-corrected chi connectivity index (χ3v) is 3.18. The van der Waals surface area contributed by atoms with E-state index in [0.29, 0.717) is 4.67 Å². The fourth-order valence-corrected chi connectivity index (χ4v) is 2.01. The van der Waals surface area contributed by atoms with Crippen molar-refractivity contribution in [1.29, 1.82) is 0 Å². The van der Waals surface area contributed by atoms with Gasteiger partial charge in [0, 0.05) is 5.69 Å². The highest BCUT2D eigenvalue weighted by Crippen LogP contribution is 2.13. The molecule has 7 nitrogen and oxygen atoms in total. The van der Waals surface area contributed by atoms with E-state index in [1.807, 2.05) is 30.3 Å². The van der Waals surface area contributed by atoms with Crippen LogP contribution in [0.4, 0.5) is 5.69 Å². The molecule has 120 valence electrons. The molecule has 0 aliphatic carbocycles. The lowest BCUT2D eigenvalue weighted by molar-refractivity contribution is -0.120. The molecule has 0 radical (unpaired) electrons. The number of furan rings is 1. The lowest BCUT2D eigenvalue weighted by Gasteiger charge is -2.11. The van der Waals surface area contributed by atoms with E-state index in [0.717, 1.165) is 5.69 Å². The fraction of sp³-hybridized carbons (Fsp3) is 0.0714. The number of hydrazine groups is 1. The number of nitrogens with one attached hydrogen (secondary N) is 4. The highest BCUT2D eigenvalue weighted by atomic mass is 79.9. The molecule has 2 amide bonds. The number of amides is 2. The van der Waals surface area contributed by atoms with Crippen LogP contribution in [0.3, 0.4) is 0 Å². The van der Waals surface area contributed by atoms with Crippen LogP contribution in [0.5, 0.6) is 0 Å². The summed E-state index contributed by atoms with van der Waals surface area (Å²) < 4.78 is 5.50. The standard InChI is InChI=1S/C14H13BrN4O3S/c15-11-7-6-10(22-11)13(21)16-8-12(20)18-19-14(23)17-9-4-2-1-3-5-9/h1-7H,8H2,(H,16,21)(H,18,20)(H2,17,19,23). The minimum Gasteiger partial charge on any atom is -0.444 e. The second kappa shape index (κ2) is 8.30. The van der Waals surface area contributed by atoms with Gasteiger partial charge < -0.3 is 15.1 Å². The first-order chi connectivity index (χ1) is 11.0. The summed E-state index contributed by atoms with van der Waals surface area (Å²) in [5.41, 5.74) is 5.69. The number of carbonyl (C=O) groups excluding carboxylic acids is 2. The quantitative estimate of drug-likeness (QED) is 0.464. The molecule has 0 bridgehead atoms. The number of hydrogen-bond acceptors (Lipinski definition) is 4. The average Bonchev–Trinajstić information content (AvgIpc) is 2.98. The van der Waals surface area contributed by atoms with Gasteiger partial charge in [-0.25, -0.2) is 0 Å². The summed E-state index contributed by atoms with van der Waals surface area (Å²) in [6, 6.07) is 12.3. The van der Waals surface area contributed by atoms with Gasteiger partial charge in [-0.1, -0.05) is 18.2 Å². The van der Waals surface area contributed by atoms with Crippen LogP contribution >= 0.6 is 28.1 Å². The highest BCUT2D eigenvalue weighted by Gasteiger charge is 2.11. The molecule has 0 aliphatic heterocycles. The Hall–Kier alpha value is -2.39. The Morgan fingerprint density at radius 2 is 1.83 bits per heavy atom. The SMILES string of the molecule is O=C(CNC(=O)c1ccc(Br)o1)NNC(=S)Nc1ccccc1. The zero-order chi connectivity index (χ0) is 16.7. The van der Waals surface area contributed by atoms with Crippen molar-refractivity contribution in [3.8, 4) is 0 Å². The van der Waals surface area contributed by atoms with E-state index in [9.17, 15) is 9.59 Å². The van der Waals surface area contributed by atoms with Crippen molar-refractivity contribution >= 4 is 50.8 Å². The monoisotopic (exact) mass is 396 g/mol. The Balaban J connectivity index is 1.68. The number of benzene rings is 1. The predicted molar refractivity (Wildman–Crippen MR) is 92.7 cm³/mol. The van der Waals surface area contributed by atoms with Crippen molar-refractivity contribution in [3.63, 3.8) is 0 Å². The number of para-hydroxylation sites is 1. The van der Waals surface area contributed by atoms with Crippen molar-refractivity contribution < 1.29 is 14.0 Å². The zero-order valence-electron chi connectivity index (χ0n) is 11.8. The average molecular weight is 397 g/mol. The van der Waals surface area contributed by atoms with E-state index in [-0.39, 0.29) is 17.4 Å². The van der Waals surface area contributed by atoms with Gasteiger partial charge in [0.25, 0.3) is 11.8 Å². The molecule has 2 rings (SSSR count). The van der Waals surface area contributed by atoms with E-state index in [2.05, 4.69) is 37.4 Å². The maximum absolute atomic E-state index is 11.7. The van der Waals surface area contributed by atoms with E-state index in [1.165, 1.54) is 6.07 Å². The Morgan fingerprint density at radius 1 is 1.09 bits per heavy atom. The second-order valence-electron chi connectivity index (χ2n) is 4.28. The number of carbonyl (C=O) groups is 2. The fourth-order valence-electron chi connectivity index (χ4n) is 1.54. The molecule has 4 N–H and O–H groups in total. The molecule has 1 aromatic carbocycles. The summed E-state index contributed by atoms with van der Waals surface area (Å²) in [4.78, 5) is 23.3. The summed E-state index contributed by atoms with van der Waals surface area (Å²) in [6.45, 7) is -0.224. The Morgan fingerprint density at radius 3 is 2.48 bits per heavy atom. The summed E-state index contributed by atoms with van der Waals surface area (Å²) in [7, 11) is 0. The summed E-state index contributed by atoms with van der Waals surface area (Å²) in [5, 5.41) is 5.53. The molecule has 0 spiro atoms. The van der Waals surface area contributed by atoms with Gasteiger partial charge in [-0.15, -0.1) is 0 Å². The number of anilines is 1. The summed E-state index contributed by atoms with van der Waals surface area (Å²) in [5.74, 6) is -0.837. The smallest absolute Gasteiger partial charge is 0.287 e. The molecular formula is C14H13BrN4O3S. The normalized spacial score (nSPS) is 9.78. The molecule has 0 saturated carbocycles. The van der Waals surface area contributed by atoms with Crippen LogP contribution < -0.4 is 21.5 Å². The molecule has 0 atom stereocenters. The Labute approximate surface area is 145 Å². The van der Waals surface area contributed by atoms with E-state index in [1.54, 1.807) is 6.07 Å². The predicted octanol–water partition coefficient (Wildman–Crippen LogP) is 1.79. The van der Waals surface area contributed by atoms with Crippen LogP contribution in [0.25, 0.3) is 0 Å². The number of hydrogen-bond donors (Lipinski definition) is 4. The van der Waals surface area contributed by atoms with Gasteiger partial charge in [-0.05, 0) is 52.4 Å². The van der Waals surface area contributed by atoms with Crippen molar-refractivity contribution in [1.82, 2.24) is 16.2 Å². The van der Waals surface area contributed by atoms with Crippen LogP contribution in [0.2, 0.25) is 0 Å². The third-order valence-electron chi connectivity index (χ3n) is 2.55. The number of halogens is 1. The number of rotatable bonds is 4. The maximum atomic E-state index is 11.7. The maximum Gasteiger partial charge on any atom is 0.287 e. The molecule has 1 heterocycles. The molecule has 0 saturated heterocycles. The third kappa shape index (κ3) is 5.72. The topological polar surface area (TPSA) is 95.4 Å². The van der Waals surface area contributed by atoms with Crippen molar-refractivity contribution in [2.75, 3.05) is 11.9 Å². The van der Waals surface area contributed by atoms with Crippen LogP contribution in [-0.2, 0) is 4.79 Å². The first kappa shape index (κ1) is 17.0. The Bertz CT molecular complexity index is 705. The molecule has 23 heavy (non-hydrogen) atoms. The van der Waals surface area contributed by atoms with Gasteiger partial charge in [-0.3, -0.25) is 20.4 Å². The van der Waals surface area contributed by atoms with Crippen LogP contribution in [-0.4, -0.2) is 23.5 Å². The largest absolute Gasteiger partial charge is 0.444 e. The molecule has 2 aromatic rings. The van der Waals surface area contributed by atoms with E-state index >= 15 is 0 Å². The molecular weight excluding hydrogens is 384 g/mol. The first-order valence-corrected chi connectivity index (χ1v) is 7.69. The summed E-state index contributed by atoms with van der Waals surface area (Å²) >= 11 is 8.12. The van der Waals surface area contributed by atoms with Gasteiger partial charge in [0.15, 0.2) is 15.5 Å².